The maximum Gasteiger partial charge on any atom is 0.337 e. The average molecular weight is 278 g/mol. The number of unbranched alkanes of at least 4 members (excludes halogenated alkanes) is 6. The van der Waals surface area contributed by atoms with Gasteiger partial charge in [0.15, 0.2) is 0 Å². The Morgan fingerprint density at radius 3 is 2.45 bits per heavy atom. The topological polar surface area (TPSA) is 35.5 Å². The Bertz CT molecular complexity index is 388. The van der Waals surface area contributed by atoms with Gasteiger partial charge in [0.25, 0.3) is 0 Å². The molecule has 0 unspecified atom stereocenters. The number of carbonyl (C=O) groups excluding carboxylic acids is 1. The zero-order valence-electron chi connectivity index (χ0n) is 12.7. The molecule has 0 fully saturated rings. The predicted molar refractivity (Wildman–Crippen MR) is 81.3 cm³/mol. The first-order valence-corrected chi connectivity index (χ1v) is 7.59. The van der Waals surface area contributed by atoms with Gasteiger partial charge in [-0.15, -0.1) is 0 Å². The lowest BCUT2D eigenvalue weighted by Crippen LogP contribution is -2.02. The fourth-order valence-corrected chi connectivity index (χ4v) is 2.08. The van der Waals surface area contributed by atoms with Gasteiger partial charge in [0.1, 0.15) is 5.75 Å². The van der Waals surface area contributed by atoms with E-state index < -0.39 is 0 Å². The van der Waals surface area contributed by atoms with Crippen molar-refractivity contribution in [3.05, 3.63) is 29.8 Å². The van der Waals surface area contributed by atoms with Crippen LogP contribution >= 0.6 is 0 Å². The lowest BCUT2D eigenvalue weighted by molar-refractivity contribution is 0.0600. The molecule has 1 aromatic carbocycles. The molecule has 1 rings (SSSR count). The number of esters is 1. The Labute approximate surface area is 122 Å². The first kappa shape index (κ1) is 16.5. The zero-order valence-corrected chi connectivity index (χ0v) is 12.7. The molecule has 0 radical (unpaired) electrons. The summed E-state index contributed by atoms with van der Waals surface area (Å²) in [4.78, 5) is 11.4. The third-order valence-corrected chi connectivity index (χ3v) is 3.27. The molecule has 1 aromatic rings. The highest BCUT2D eigenvalue weighted by atomic mass is 16.5. The maximum atomic E-state index is 11.4. The molecule has 0 bridgehead atoms. The fraction of sp³-hybridized carbons (Fsp3) is 0.588. The van der Waals surface area contributed by atoms with Gasteiger partial charge in [-0.2, -0.15) is 0 Å². The first-order chi connectivity index (χ1) is 9.77. The van der Waals surface area contributed by atoms with E-state index in [0.717, 1.165) is 12.2 Å². The largest absolute Gasteiger partial charge is 0.494 e. The average Bonchev–Trinajstić information content (AvgIpc) is 2.49. The van der Waals surface area contributed by atoms with Crippen molar-refractivity contribution in [1.82, 2.24) is 0 Å². The van der Waals surface area contributed by atoms with Crippen LogP contribution in [-0.4, -0.2) is 19.7 Å². The molecule has 0 saturated heterocycles. The molecule has 0 N–H and O–H groups in total. The van der Waals surface area contributed by atoms with Crippen molar-refractivity contribution in [3.63, 3.8) is 0 Å². The summed E-state index contributed by atoms with van der Waals surface area (Å²) in [5.74, 6) is 0.408. The molecule has 0 heterocycles. The van der Waals surface area contributed by atoms with Crippen LogP contribution in [0.5, 0.6) is 5.75 Å². The molecule has 3 nitrogen and oxygen atoms in total. The normalized spacial score (nSPS) is 10.3. The number of methoxy groups -OCH3 is 1. The molecule has 0 aromatic heterocycles. The highest BCUT2D eigenvalue weighted by Crippen LogP contribution is 2.15. The second-order valence-electron chi connectivity index (χ2n) is 4.99. The van der Waals surface area contributed by atoms with E-state index in [-0.39, 0.29) is 5.97 Å². The van der Waals surface area contributed by atoms with E-state index in [4.69, 9.17) is 4.74 Å². The van der Waals surface area contributed by atoms with Crippen LogP contribution in [0, 0.1) is 0 Å². The summed E-state index contributed by atoms with van der Waals surface area (Å²) in [6.07, 6.45) is 8.86. The number of hydrogen-bond acceptors (Lipinski definition) is 3. The van der Waals surface area contributed by atoms with Gasteiger partial charge in [0, 0.05) is 0 Å². The van der Waals surface area contributed by atoms with Gasteiger partial charge in [-0.05, 0) is 24.6 Å². The lowest BCUT2D eigenvalue weighted by atomic mass is 10.1. The first-order valence-electron chi connectivity index (χ1n) is 7.59. The van der Waals surface area contributed by atoms with E-state index in [1.807, 2.05) is 12.1 Å². The van der Waals surface area contributed by atoms with Gasteiger partial charge in [0.05, 0.1) is 19.3 Å². The van der Waals surface area contributed by atoms with Gasteiger partial charge in [-0.25, -0.2) is 4.79 Å². The highest BCUT2D eigenvalue weighted by Gasteiger charge is 2.05. The summed E-state index contributed by atoms with van der Waals surface area (Å²) in [6.45, 7) is 2.94. The van der Waals surface area contributed by atoms with Crippen LogP contribution in [0.15, 0.2) is 24.3 Å². The molecule has 0 spiro atoms. The number of benzene rings is 1. The molecule has 0 aliphatic heterocycles. The van der Waals surface area contributed by atoms with E-state index >= 15 is 0 Å². The van der Waals surface area contributed by atoms with Gasteiger partial charge in [0.2, 0.25) is 0 Å². The summed E-state index contributed by atoms with van der Waals surface area (Å²) < 4.78 is 10.3. The molecule has 0 saturated carbocycles. The number of hydrogen-bond donors (Lipinski definition) is 0. The van der Waals surface area contributed by atoms with Crippen LogP contribution in [0.2, 0.25) is 0 Å². The van der Waals surface area contributed by atoms with Crippen LogP contribution in [0.4, 0.5) is 0 Å². The van der Waals surface area contributed by atoms with Crippen molar-refractivity contribution in [1.29, 1.82) is 0 Å². The molecule has 112 valence electrons. The molecular weight excluding hydrogens is 252 g/mol. The summed E-state index contributed by atoms with van der Waals surface area (Å²) in [7, 11) is 1.38. The van der Waals surface area contributed by atoms with E-state index in [1.165, 1.54) is 45.6 Å². The van der Waals surface area contributed by atoms with E-state index in [2.05, 4.69) is 11.7 Å². The quantitative estimate of drug-likeness (QED) is 0.463. The van der Waals surface area contributed by atoms with Crippen LogP contribution in [0.1, 0.15) is 62.2 Å². The van der Waals surface area contributed by atoms with Crippen LogP contribution in [0.25, 0.3) is 0 Å². The molecule has 0 atom stereocenters. The molecular formula is C17H26O3. The van der Waals surface area contributed by atoms with E-state index in [9.17, 15) is 4.79 Å². The smallest absolute Gasteiger partial charge is 0.337 e. The third-order valence-electron chi connectivity index (χ3n) is 3.27. The second-order valence-corrected chi connectivity index (χ2v) is 4.99. The second kappa shape index (κ2) is 10.3. The van der Waals surface area contributed by atoms with Crippen molar-refractivity contribution in [2.24, 2.45) is 0 Å². The molecule has 20 heavy (non-hydrogen) atoms. The summed E-state index contributed by atoms with van der Waals surface area (Å²) in [5, 5.41) is 0. The van der Waals surface area contributed by atoms with E-state index in [0.29, 0.717) is 12.2 Å². The van der Waals surface area contributed by atoms with Crippen molar-refractivity contribution >= 4 is 5.97 Å². The number of ether oxygens (including phenoxy) is 2. The molecule has 0 aliphatic carbocycles. The van der Waals surface area contributed by atoms with Crippen molar-refractivity contribution in [3.8, 4) is 5.75 Å². The van der Waals surface area contributed by atoms with Crippen molar-refractivity contribution in [2.75, 3.05) is 13.7 Å². The van der Waals surface area contributed by atoms with Gasteiger partial charge in [-0.3, -0.25) is 0 Å². The van der Waals surface area contributed by atoms with Crippen LogP contribution < -0.4 is 4.74 Å². The zero-order chi connectivity index (χ0) is 14.6. The van der Waals surface area contributed by atoms with Crippen LogP contribution in [0.3, 0.4) is 0 Å². The summed E-state index contributed by atoms with van der Waals surface area (Å²) in [6, 6.07) is 7.14. The summed E-state index contributed by atoms with van der Waals surface area (Å²) in [5.41, 5.74) is 0.532. The summed E-state index contributed by atoms with van der Waals surface area (Å²) >= 11 is 0. The fourth-order valence-electron chi connectivity index (χ4n) is 2.08. The minimum absolute atomic E-state index is 0.327. The Hall–Kier alpha value is -1.51. The third kappa shape index (κ3) is 6.60. The Morgan fingerprint density at radius 2 is 1.75 bits per heavy atom. The Kier molecular flexibility index (Phi) is 8.52. The Balaban J connectivity index is 2.17. The maximum absolute atomic E-state index is 11.4. The van der Waals surface area contributed by atoms with Crippen LogP contribution in [-0.2, 0) is 4.74 Å². The Morgan fingerprint density at radius 1 is 1.05 bits per heavy atom. The van der Waals surface area contributed by atoms with Gasteiger partial charge in [-0.1, -0.05) is 51.5 Å². The standard InChI is InChI=1S/C17H26O3/c1-3-4-5-6-7-8-9-13-20-16-12-10-11-15(14-16)17(18)19-2/h10-12,14H,3-9,13H2,1-2H3. The number of rotatable bonds is 10. The predicted octanol–water partition coefficient (Wildman–Crippen LogP) is 4.60. The van der Waals surface area contributed by atoms with Gasteiger partial charge < -0.3 is 9.47 Å². The highest BCUT2D eigenvalue weighted by molar-refractivity contribution is 5.89. The molecule has 0 aliphatic rings. The monoisotopic (exact) mass is 278 g/mol. The van der Waals surface area contributed by atoms with E-state index in [1.54, 1.807) is 12.1 Å². The van der Waals surface area contributed by atoms with Gasteiger partial charge >= 0.3 is 5.97 Å². The SMILES string of the molecule is CCCCCCCCCOc1cccc(C(=O)OC)c1. The van der Waals surface area contributed by atoms with Crippen molar-refractivity contribution in [2.45, 2.75) is 51.9 Å². The van der Waals surface area contributed by atoms with Crippen molar-refractivity contribution < 1.29 is 14.3 Å². The molecule has 3 heteroatoms. The molecule has 0 amide bonds. The lowest BCUT2D eigenvalue weighted by Gasteiger charge is -2.07. The minimum atomic E-state index is -0.327. The minimum Gasteiger partial charge on any atom is -0.494 e. The number of carbonyl (C=O) groups is 1.